The van der Waals surface area contributed by atoms with Gasteiger partial charge in [0.2, 0.25) is 0 Å². The van der Waals surface area contributed by atoms with E-state index in [1.54, 1.807) is 11.8 Å². The third-order valence-electron chi connectivity index (χ3n) is 3.48. The van der Waals surface area contributed by atoms with Gasteiger partial charge in [-0.05, 0) is 33.3 Å². The van der Waals surface area contributed by atoms with Crippen LogP contribution < -0.4 is 10.5 Å². The van der Waals surface area contributed by atoms with Crippen LogP contribution in [-0.2, 0) is 4.79 Å². The number of nitrogens with zero attached hydrogens (tertiary/aromatic N) is 1. The van der Waals surface area contributed by atoms with Crippen molar-refractivity contribution in [3.05, 3.63) is 29.8 Å². The Morgan fingerprint density at radius 1 is 1.25 bits per heavy atom. The van der Waals surface area contributed by atoms with E-state index in [0.29, 0.717) is 18.8 Å². The average Bonchev–Trinajstić information content (AvgIpc) is 2.48. The number of amides is 1. The van der Waals surface area contributed by atoms with Gasteiger partial charge in [0, 0.05) is 24.7 Å². The second-order valence-electron chi connectivity index (χ2n) is 4.82. The number of hydrogen-bond acceptors (Lipinski definition) is 3. The lowest BCUT2D eigenvalue weighted by Gasteiger charge is -2.25. The molecule has 20 heavy (non-hydrogen) atoms. The molecule has 0 aliphatic heterocycles. The fourth-order valence-corrected chi connectivity index (χ4v) is 2.15. The molecule has 1 rings (SSSR count). The predicted octanol–water partition coefficient (Wildman–Crippen LogP) is 2.73. The summed E-state index contributed by atoms with van der Waals surface area (Å²) in [5, 5.41) is 0. The Morgan fingerprint density at radius 2 is 1.85 bits per heavy atom. The molecule has 4 heteroatoms. The molecule has 0 saturated heterocycles. The summed E-state index contributed by atoms with van der Waals surface area (Å²) in [6.07, 6.45) is 0.332. The van der Waals surface area contributed by atoms with Crippen LogP contribution in [0.4, 0.5) is 0 Å². The van der Waals surface area contributed by atoms with Crippen LogP contribution in [0.15, 0.2) is 24.3 Å². The molecule has 1 aromatic rings. The van der Waals surface area contributed by atoms with Crippen molar-refractivity contribution in [2.24, 2.45) is 5.73 Å². The van der Waals surface area contributed by atoms with E-state index in [1.807, 2.05) is 45.0 Å². The second kappa shape index (κ2) is 7.90. The van der Waals surface area contributed by atoms with Crippen molar-refractivity contribution in [3.63, 3.8) is 0 Å². The van der Waals surface area contributed by atoms with E-state index >= 15 is 0 Å². The fourth-order valence-electron chi connectivity index (χ4n) is 2.15. The van der Waals surface area contributed by atoms with Crippen molar-refractivity contribution in [1.82, 2.24) is 4.90 Å². The van der Waals surface area contributed by atoms with Gasteiger partial charge in [0.25, 0.3) is 5.91 Å². The molecule has 4 nitrogen and oxygen atoms in total. The Labute approximate surface area is 121 Å². The van der Waals surface area contributed by atoms with E-state index in [2.05, 4.69) is 0 Å². The molecule has 1 aromatic carbocycles. The van der Waals surface area contributed by atoms with Gasteiger partial charge in [0.1, 0.15) is 5.75 Å². The standard InChI is InChI=1S/C16H26N2O2/c1-5-14(17)13-10-8-9-11-15(13)20-12(4)16(19)18(6-2)7-3/h8-12,14H,5-7,17H2,1-4H3/t12?,14-/m0/s1. The molecule has 112 valence electrons. The summed E-state index contributed by atoms with van der Waals surface area (Å²) in [4.78, 5) is 14.0. The first kappa shape index (κ1) is 16.5. The number of nitrogens with two attached hydrogens (primary N) is 1. The first-order valence-corrected chi connectivity index (χ1v) is 7.34. The lowest BCUT2D eigenvalue weighted by atomic mass is 10.0. The smallest absolute Gasteiger partial charge is 0.263 e. The zero-order valence-electron chi connectivity index (χ0n) is 12.9. The highest BCUT2D eigenvalue weighted by molar-refractivity contribution is 5.80. The Morgan fingerprint density at radius 3 is 2.40 bits per heavy atom. The summed E-state index contributed by atoms with van der Waals surface area (Å²) in [7, 11) is 0. The Hall–Kier alpha value is -1.55. The summed E-state index contributed by atoms with van der Waals surface area (Å²) in [5.74, 6) is 0.713. The molecule has 2 atom stereocenters. The first-order valence-electron chi connectivity index (χ1n) is 7.34. The number of carbonyl (C=O) groups excluding carboxylic acids is 1. The van der Waals surface area contributed by atoms with Crippen LogP contribution in [0.25, 0.3) is 0 Å². The van der Waals surface area contributed by atoms with Gasteiger partial charge >= 0.3 is 0 Å². The minimum absolute atomic E-state index is 0.00914. The molecular weight excluding hydrogens is 252 g/mol. The summed E-state index contributed by atoms with van der Waals surface area (Å²) in [6.45, 7) is 9.14. The molecule has 0 heterocycles. The number of rotatable bonds is 7. The molecule has 0 aromatic heterocycles. The zero-order chi connectivity index (χ0) is 15.1. The normalized spacial score (nSPS) is 13.7. The van der Waals surface area contributed by atoms with E-state index in [0.717, 1.165) is 12.0 Å². The Bertz CT molecular complexity index is 430. The monoisotopic (exact) mass is 278 g/mol. The largest absolute Gasteiger partial charge is 0.481 e. The Kier molecular flexibility index (Phi) is 6.52. The number of hydrogen-bond donors (Lipinski definition) is 1. The Balaban J connectivity index is 2.85. The average molecular weight is 278 g/mol. The van der Waals surface area contributed by atoms with Gasteiger partial charge in [-0.2, -0.15) is 0 Å². The van der Waals surface area contributed by atoms with E-state index < -0.39 is 6.10 Å². The minimum Gasteiger partial charge on any atom is -0.481 e. The number of benzene rings is 1. The zero-order valence-corrected chi connectivity index (χ0v) is 12.9. The SMILES string of the molecule is CC[C@H](N)c1ccccc1OC(C)C(=O)N(CC)CC. The molecular formula is C16H26N2O2. The van der Waals surface area contributed by atoms with Crippen LogP contribution in [0.5, 0.6) is 5.75 Å². The van der Waals surface area contributed by atoms with Crippen LogP contribution >= 0.6 is 0 Å². The van der Waals surface area contributed by atoms with Crippen molar-refractivity contribution in [2.75, 3.05) is 13.1 Å². The molecule has 0 spiro atoms. The molecule has 0 bridgehead atoms. The quantitative estimate of drug-likeness (QED) is 0.834. The van der Waals surface area contributed by atoms with E-state index in [-0.39, 0.29) is 11.9 Å². The number of likely N-dealkylation sites (N-methyl/N-ethyl adjacent to an activating group) is 1. The lowest BCUT2D eigenvalue weighted by Crippen LogP contribution is -2.40. The highest BCUT2D eigenvalue weighted by atomic mass is 16.5. The number of ether oxygens (including phenoxy) is 1. The maximum atomic E-state index is 12.2. The molecule has 1 unspecified atom stereocenters. The second-order valence-corrected chi connectivity index (χ2v) is 4.82. The van der Waals surface area contributed by atoms with Crippen LogP contribution in [0, 0.1) is 0 Å². The van der Waals surface area contributed by atoms with Crippen LogP contribution in [0.2, 0.25) is 0 Å². The van der Waals surface area contributed by atoms with Crippen LogP contribution in [0.1, 0.15) is 45.7 Å². The fraction of sp³-hybridized carbons (Fsp3) is 0.562. The van der Waals surface area contributed by atoms with E-state index in [1.165, 1.54) is 0 Å². The van der Waals surface area contributed by atoms with Crippen LogP contribution in [-0.4, -0.2) is 30.0 Å². The highest BCUT2D eigenvalue weighted by Crippen LogP contribution is 2.26. The van der Waals surface area contributed by atoms with Crippen molar-refractivity contribution in [3.8, 4) is 5.75 Å². The molecule has 0 radical (unpaired) electrons. The molecule has 0 aliphatic rings. The van der Waals surface area contributed by atoms with Gasteiger partial charge in [-0.25, -0.2) is 0 Å². The number of carbonyl (C=O) groups is 1. The van der Waals surface area contributed by atoms with Gasteiger partial charge in [-0.1, -0.05) is 25.1 Å². The maximum absolute atomic E-state index is 12.2. The third-order valence-corrected chi connectivity index (χ3v) is 3.48. The van der Waals surface area contributed by atoms with Crippen molar-refractivity contribution >= 4 is 5.91 Å². The lowest BCUT2D eigenvalue weighted by molar-refractivity contribution is -0.137. The third kappa shape index (κ3) is 3.97. The van der Waals surface area contributed by atoms with Crippen molar-refractivity contribution in [1.29, 1.82) is 0 Å². The summed E-state index contributed by atoms with van der Waals surface area (Å²) < 4.78 is 5.84. The molecule has 0 saturated carbocycles. The minimum atomic E-state index is -0.500. The van der Waals surface area contributed by atoms with Gasteiger partial charge in [0.15, 0.2) is 6.10 Å². The van der Waals surface area contributed by atoms with Crippen molar-refractivity contribution in [2.45, 2.75) is 46.3 Å². The highest BCUT2D eigenvalue weighted by Gasteiger charge is 2.21. The number of para-hydroxylation sites is 1. The van der Waals surface area contributed by atoms with E-state index in [4.69, 9.17) is 10.5 Å². The molecule has 0 aliphatic carbocycles. The predicted molar refractivity (Wildman–Crippen MR) is 81.7 cm³/mol. The maximum Gasteiger partial charge on any atom is 0.263 e. The topological polar surface area (TPSA) is 55.6 Å². The van der Waals surface area contributed by atoms with Gasteiger partial charge in [0.05, 0.1) is 0 Å². The molecule has 1 amide bonds. The van der Waals surface area contributed by atoms with Gasteiger partial charge in [-0.3, -0.25) is 4.79 Å². The van der Waals surface area contributed by atoms with Crippen molar-refractivity contribution < 1.29 is 9.53 Å². The van der Waals surface area contributed by atoms with Gasteiger partial charge < -0.3 is 15.4 Å². The summed E-state index contributed by atoms with van der Waals surface area (Å²) in [6, 6.07) is 7.60. The molecule has 0 fully saturated rings. The molecule has 2 N–H and O–H groups in total. The van der Waals surface area contributed by atoms with Crippen LogP contribution in [0.3, 0.4) is 0 Å². The van der Waals surface area contributed by atoms with E-state index in [9.17, 15) is 4.79 Å². The van der Waals surface area contributed by atoms with Gasteiger partial charge in [-0.15, -0.1) is 0 Å². The summed E-state index contributed by atoms with van der Waals surface area (Å²) in [5.41, 5.74) is 7.04. The first-order chi connectivity index (χ1) is 9.54. The summed E-state index contributed by atoms with van der Waals surface area (Å²) >= 11 is 0.